The summed E-state index contributed by atoms with van der Waals surface area (Å²) in [4.78, 5) is 17.2. The van der Waals surface area contributed by atoms with E-state index in [0.717, 1.165) is 12.2 Å². The first kappa shape index (κ1) is 11.4. The number of rotatable bonds is 3. The van der Waals surface area contributed by atoms with E-state index in [-0.39, 0.29) is 5.78 Å². The number of hydrogen-bond acceptors (Lipinski definition) is 2. The summed E-state index contributed by atoms with van der Waals surface area (Å²) in [6, 6.07) is 4.24. The number of nitrogens with zero attached hydrogens (tertiary/aromatic N) is 1. The number of ketones is 1. The molecule has 3 heteroatoms. The third kappa shape index (κ3) is 2.35. The highest BCUT2D eigenvalue weighted by Crippen LogP contribution is 2.22. The Kier molecular flexibility index (Phi) is 3.44. The van der Waals surface area contributed by atoms with E-state index in [9.17, 15) is 4.79 Å². The van der Waals surface area contributed by atoms with E-state index in [1.165, 1.54) is 12.8 Å². The predicted molar refractivity (Wildman–Crippen MR) is 64.6 cm³/mol. The summed E-state index contributed by atoms with van der Waals surface area (Å²) >= 11 is 0. The molecule has 0 saturated carbocycles. The summed E-state index contributed by atoms with van der Waals surface area (Å²) in [6.07, 6.45) is 4.30. The Morgan fingerprint density at radius 2 is 2.38 bits per heavy atom. The van der Waals surface area contributed by atoms with Crippen LogP contribution in [-0.4, -0.2) is 34.8 Å². The number of hydrogen-bond donors (Lipinski definition) is 1. The lowest BCUT2D eigenvalue weighted by Crippen LogP contribution is -2.44. The molecule has 0 aromatic carbocycles. The standard InChI is InChI=1S/C13H20N2O/c1-10-5-4-8-15(11(10)2)9-13(16)12-6-3-7-14-12/h3,6-7,10-11,14H,4-5,8-9H2,1-2H3. The number of aromatic nitrogens is 1. The molecule has 1 aliphatic rings. The molecule has 1 N–H and O–H groups in total. The second kappa shape index (κ2) is 4.83. The van der Waals surface area contributed by atoms with Crippen LogP contribution in [0.5, 0.6) is 0 Å². The lowest BCUT2D eigenvalue weighted by atomic mass is 9.92. The van der Waals surface area contributed by atoms with Gasteiger partial charge in [-0.25, -0.2) is 0 Å². The number of nitrogens with one attached hydrogen (secondary N) is 1. The maximum Gasteiger partial charge on any atom is 0.192 e. The maximum atomic E-state index is 12.0. The van der Waals surface area contributed by atoms with Gasteiger partial charge in [0.05, 0.1) is 12.2 Å². The zero-order valence-electron chi connectivity index (χ0n) is 10.1. The van der Waals surface area contributed by atoms with Gasteiger partial charge in [-0.1, -0.05) is 6.92 Å². The Hall–Kier alpha value is -1.09. The van der Waals surface area contributed by atoms with Gasteiger partial charge in [-0.2, -0.15) is 0 Å². The van der Waals surface area contributed by atoms with E-state index < -0.39 is 0 Å². The first-order chi connectivity index (χ1) is 7.68. The molecule has 1 aromatic heterocycles. The largest absolute Gasteiger partial charge is 0.359 e. The Labute approximate surface area is 96.8 Å². The fraction of sp³-hybridized carbons (Fsp3) is 0.615. The molecule has 0 amide bonds. The normalized spacial score (nSPS) is 26.9. The molecule has 1 aromatic rings. The molecule has 2 heterocycles. The minimum absolute atomic E-state index is 0.200. The van der Waals surface area contributed by atoms with Gasteiger partial charge in [0.1, 0.15) is 0 Å². The molecule has 1 aliphatic heterocycles. The molecule has 16 heavy (non-hydrogen) atoms. The minimum atomic E-state index is 0.200. The molecule has 3 nitrogen and oxygen atoms in total. The Morgan fingerprint density at radius 1 is 1.56 bits per heavy atom. The molecular formula is C13H20N2O. The number of H-pyrrole nitrogens is 1. The van der Waals surface area contributed by atoms with Gasteiger partial charge in [0.25, 0.3) is 0 Å². The van der Waals surface area contributed by atoms with Crippen molar-refractivity contribution in [2.24, 2.45) is 5.92 Å². The lowest BCUT2D eigenvalue weighted by Gasteiger charge is -2.37. The average molecular weight is 220 g/mol. The van der Waals surface area contributed by atoms with Crippen LogP contribution in [0.3, 0.4) is 0 Å². The Bertz CT molecular complexity index is 345. The number of piperidine rings is 1. The first-order valence-corrected chi connectivity index (χ1v) is 6.09. The zero-order valence-corrected chi connectivity index (χ0v) is 10.1. The smallest absolute Gasteiger partial charge is 0.192 e. The zero-order chi connectivity index (χ0) is 11.5. The van der Waals surface area contributed by atoms with Crippen LogP contribution in [-0.2, 0) is 0 Å². The quantitative estimate of drug-likeness (QED) is 0.794. The highest BCUT2D eigenvalue weighted by molar-refractivity contribution is 5.95. The van der Waals surface area contributed by atoms with Crippen LogP contribution in [0.1, 0.15) is 37.2 Å². The minimum Gasteiger partial charge on any atom is -0.359 e. The number of aromatic amines is 1. The SMILES string of the molecule is CC1CCCN(CC(=O)c2ccc[nH]2)C1C. The molecule has 1 saturated heterocycles. The van der Waals surface area contributed by atoms with Gasteiger partial charge in [0.2, 0.25) is 0 Å². The van der Waals surface area contributed by atoms with Gasteiger partial charge in [-0.05, 0) is 44.4 Å². The summed E-state index contributed by atoms with van der Waals surface area (Å²) in [5.41, 5.74) is 0.727. The Morgan fingerprint density at radius 3 is 3.06 bits per heavy atom. The number of Topliss-reactive ketones (excluding diaryl/α,β-unsaturated/α-hetero) is 1. The van der Waals surface area contributed by atoms with Crippen molar-refractivity contribution in [3.8, 4) is 0 Å². The summed E-state index contributed by atoms with van der Waals surface area (Å²) in [5.74, 6) is 0.899. The van der Waals surface area contributed by atoms with Crippen LogP contribution in [0, 0.1) is 5.92 Å². The third-order valence-corrected chi connectivity index (χ3v) is 3.75. The summed E-state index contributed by atoms with van der Waals surface area (Å²) in [6.45, 7) is 6.10. The van der Waals surface area contributed by atoms with Gasteiger partial charge in [-0.3, -0.25) is 9.69 Å². The second-order valence-corrected chi connectivity index (χ2v) is 4.84. The molecule has 1 fully saturated rings. The molecule has 2 unspecified atom stereocenters. The maximum absolute atomic E-state index is 12.0. The van der Waals surface area contributed by atoms with Crippen molar-refractivity contribution in [1.29, 1.82) is 0 Å². The third-order valence-electron chi connectivity index (χ3n) is 3.75. The molecule has 0 aliphatic carbocycles. The lowest BCUT2D eigenvalue weighted by molar-refractivity contribution is 0.0775. The highest BCUT2D eigenvalue weighted by Gasteiger charge is 2.26. The molecule has 88 valence electrons. The van der Waals surface area contributed by atoms with Gasteiger partial charge >= 0.3 is 0 Å². The van der Waals surface area contributed by atoms with Crippen molar-refractivity contribution in [2.45, 2.75) is 32.7 Å². The average Bonchev–Trinajstić information content (AvgIpc) is 2.78. The molecule has 0 spiro atoms. The van der Waals surface area contributed by atoms with Crippen molar-refractivity contribution in [3.05, 3.63) is 24.0 Å². The molecule has 2 atom stereocenters. The van der Waals surface area contributed by atoms with Crippen LogP contribution in [0.2, 0.25) is 0 Å². The van der Waals surface area contributed by atoms with Crippen molar-refractivity contribution in [2.75, 3.05) is 13.1 Å². The van der Waals surface area contributed by atoms with Crippen LogP contribution in [0.15, 0.2) is 18.3 Å². The van der Waals surface area contributed by atoms with E-state index in [4.69, 9.17) is 0 Å². The molecule has 0 bridgehead atoms. The topological polar surface area (TPSA) is 36.1 Å². The van der Waals surface area contributed by atoms with Gasteiger partial charge < -0.3 is 4.98 Å². The number of likely N-dealkylation sites (tertiary alicyclic amines) is 1. The summed E-state index contributed by atoms with van der Waals surface area (Å²) in [7, 11) is 0. The van der Waals surface area contributed by atoms with E-state index in [0.29, 0.717) is 18.5 Å². The number of carbonyl (C=O) groups excluding carboxylic acids is 1. The monoisotopic (exact) mass is 220 g/mol. The van der Waals surface area contributed by atoms with Crippen molar-refractivity contribution in [1.82, 2.24) is 9.88 Å². The van der Waals surface area contributed by atoms with E-state index in [1.807, 2.05) is 12.1 Å². The summed E-state index contributed by atoms with van der Waals surface area (Å²) < 4.78 is 0. The van der Waals surface area contributed by atoms with Crippen molar-refractivity contribution >= 4 is 5.78 Å². The predicted octanol–water partition coefficient (Wildman–Crippen LogP) is 2.32. The fourth-order valence-electron chi connectivity index (χ4n) is 2.42. The second-order valence-electron chi connectivity index (χ2n) is 4.84. The first-order valence-electron chi connectivity index (χ1n) is 6.09. The van der Waals surface area contributed by atoms with Crippen LogP contribution in [0.25, 0.3) is 0 Å². The van der Waals surface area contributed by atoms with Crippen LogP contribution in [0.4, 0.5) is 0 Å². The van der Waals surface area contributed by atoms with Gasteiger partial charge in [0, 0.05) is 12.2 Å². The fourth-order valence-corrected chi connectivity index (χ4v) is 2.42. The molecule has 2 rings (SSSR count). The van der Waals surface area contributed by atoms with Gasteiger partial charge in [0.15, 0.2) is 5.78 Å². The molecular weight excluding hydrogens is 200 g/mol. The molecule has 0 radical (unpaired) electrons. The van der Waals surface area contributed by atoms with Crippen molar-refractivity contribution < 1.29 is 4.79 Å². The highest BCUT2D eigenvalue weighted by atomic mass is 16.1. The van der Waals surface area contributed by atoms with E-state index in [1.54, 1.807) is 6.20 Å². The van der Waals surface area contributed by atoms with E-state index in [2.05, 4.69) is 23.7 Å². The summed E-state index contributed by atoms with van der Waals surface area (Å²) in [5, 5.41) is 0. The van der Waals surface area contributed by atoms with E-state index >= 15 is 0 Å². The van der Waals surface area contributed by atoms with Crippen LogP contribution < -0.4 is 0 Å². The van der Waals surface area contributed by atoms with Gasteiger partial charge in [-0.15, -0.1) is 0 Å². The Balaban J connectivity index is 1.96. The number of carbonyl (C=O) groups is 1. The van der Waals surface area contributed by atoms with Crippen LogP contribution >= 0.6 is 0 Å². The van der Waals surface area contributed by atoms with Crippen molar-refractivity contribution in [3.63, 3.8) is 0 Å².